The van der Waals surface area contributed by atoms with Gasteiger partial charge in [-0.05, 0) is 100 Å². The van der Waals surface area contributed by atoms with Crippen molar-refractivity contribution in [3.8, 4) is 0 Å². The Morgan fingerprint density at radius 1 is 1.09 bits per heavy atom. The highest BCUT2D eigenvalue weighted by Crippen LogP contribution is 2.61. The maximum atomic E-state index is 12.5. The van der Waals surface area contributed by atoms with Crippen molar-refractivity contribution in [2.24, 2.45) is 29.1 Å². The molecule has 2 N–H and O–H groups in total. The van der Waals surface area contributed by atoms with Crippen LogP contribution in [0, 0.1) is 29.1 Å². The number of hydrogen-bond donors (Lipinski definition) is 2. The fourth-order valence-electron chi connectivity index (χ4n) is 6.51. The van der Waals surface area contributed by atoms with Crippen LogP contribution in [-0.4, -0.2) is 25.0 Å². The summed E-state index contributed by atoms with van der Waals surface area (Å²) < 4.78 is 0. The Morgan fingerprint density at radius 3 is 2.13 bits per heavy atom. The molecule has 5 fully saturated rings. The number of amides is 1. The lowest BCUT2D eigenvalue weighted by atomic mass is 9.48. The quantitative estimate of drug-likeness (QED) is 0.822. The molecule has 132 valence electrons. The van der Waals surface area contributed by atoms with Crippen molar-refractivity contribution >= 4 is 18.3 Å². The number of piperidine rings is 1. The molecule has 5 rings (SSSR count). The van der Waals surface area contributed by atoms with Crippen LogP contribution in [0.5, 0.6) is 0 Å². The molecule has 1 amide bonds. The molecule has 4 heteroatoms. The van der Waals surface area contributed by atoms with Gasteiger partial charge in [-0.2, -0.15) is 0 Å². The maximum absolute atomic E-state index is 12.5. The molecule has 0 radical (unpaired) electrons. The van der Waals surface area contributed by atoms with Crippen LogP contribution in [0.15, 0.2) is 0 Å². The molecule has 3 nitrogen and oxygen atoms in total. The SMILES string of the molecule is CC(NC(=O)CC1CCNCC1)C12CC3CC(CC(C3)C1)C2.Cl. The Bertz CT molecular complexity index is 398. The summed E-state index contributed by atoms with van der Waals surface area (Å²) in [6.45, 7) is 4.47. The second-order valence-corrected chi connectivity index (χ2v) is 8.97. The third kappa shape index (κ3) is 3.56. The third-order valence-electron chi connectivity index (χ3n) is 7.31. The number of carbonyl (C=O) groups is 1. The molecule has 0 aromatic carbocycles. The van der Waals surface area contributed by atoms with E-state index in [1.807, 2.05) is 0 Å². The second kappa shape index (κ2) is 6.92. The van der Waals surface area contributed by atoms with Crippen molar-refractivity contribution in [2.45, 2.75) is 70.8 Å². The van der Waals surface area contributed by atoms with Crippen molar-refractivity contribution in [3.63, 3.8) is 0 Å². The Kier molecular flexibility index (Phi) is 5.27. The highest BCUT2D eigenvalue weighted by atomic mass is 35.5. The van der Waals surface area contributed by atoms with Crippen molar-refractivity contribution in [2.75, 3.05) is 13.1 Å². The van der Waals surface area contributed by atoms with Crippen LogP contribution >= 0.6 is 12.4 Å². The van der Waals surface area contributed by atoms with Crippen LogP contribution in [0.25, 0.3) is 0 Å². The van der Waals surface area contributed by atoms with Crippen molar-refractivity contribution in [1.29, 1.82) is 0 Å². The first-order valence-electron chi connectivity index (χ1n) is 9.63. The molecule has 4 aliphatic carbocycles. The number of halogens is 1. The minimum atomic E-state index is 0. The summed E-state index contributed by atoms with van der Waals surface area (Å²) >= 11 is 0. The van der Waals surface area contributed by atoms with Gasteiger partial charge in [0.2, 0.25) is 5.91 Å². The summed E-state index contributed by atoms with van der Waals surface area (Å²) in [7, 11) is 0. The molecule has 1 saturated heterocycles. The highest BCUT2D eigenvalue weighted by Gasteiger charge is 2.53. The smallest absolute Gasteiger partial charge is 0.220 e. The molecule has 0 spiro atoms. The summed E-state index contributed by atoms with van der Waals surface area (Å²) in [5.74, 6) is 3.82. The van der Waals surface area contributed by atoms with E-state index in [-0.39, 0.29) is 12.4 Å². The van der Waals surface area contributed by atoms with Gasteiger partial charge in [-0.1, -0.05) is 0 Å². The second-order valence-electron chi connectivity index (χ2n) is 8.97. The van der Waals surface area contributed by atoms with Crippen molar-refractivity contribution in [1.82, 2.24) is 10.6 Å². The van der Waals surface area contributed by atoms with Gasteiger partial charge in [0.1, 0.15) is 0 Å². The fraction of sp³-hybridized carbons (Fsp3) is 0.947. The Balaban J connectivity index is 0.00000156. The Labute approximate surface area is 147 Å². The van der Waals surface area contributed by atoms with E-state index in [9.17, 15) is 4.79 Å². The summed E-state index contributed by atoms with van der Waals surface area (Å²) in [5, 5.41) is 6.81. The van der Waals surface area contributed by atoms with E-state index in [0.717, 1.165) is 37.3 Å². The molecule has 4 bridgehead atoms. The minimum absolute atomic E-state index is 0. The third-order valence-corrected chi connectivity index (χ3v) is 7.31. The summed E-state index contributed by atoms with van der Waals surface area (Å²) in [6, 6.07) is 0.384. The van der Waals surface area contributed by atoms with Crippen LogP contribution in [0.3, 0.4) is 0 Å². The van der Waals surface area contributed by atoms with Crippen LogP contribution in [0.1, 0.15) is 64.7 Å². The van der Waals surface area contributed by atoms with E-state index in [2.05, 4.69) is 17.6 Å². The molecule has 1 aliphatic heterocycles. The lowest BCUT2D eigenvalue weighted by molar-refractivity contribution is -0.127. The topological polar surface area (TPSA) is 41.1 Å². The molecular formula is C19H33ClN2O. The lowest BCUT2D eigenvalue weighted by Crippen LogP contribution is -2.56. The van der Waals surface area contributed by atoms with Gasteiger partial charge in [-0.25, -0.2) is 0 Å². The first-order valence-corrected chi connectivity index (χ1v) is 9.63. The van der Waals surface area contributed by atoms with Gasteiger partial charge in [0.15, 0.2) is 0 Å². The van der Waals surface area contributed by atoms with Crippen LogP contribution < -0.4 is 10.6 Å². The number of nitrogens with one attached hydrogen (secondary N) is 2. The normalized spacial score (nSPS) is 40.5. The van der Waals surface area contributed by atoms with Gasteiger partial charge in [-0.3, -0.25) is 4.79 Å². The molecule has 23 heavy (non-hydrogen) atoms. The van der Waals surface area contributed by atoms with Crippen LogP contribution in [0.2, 0.25) is 0 Å². The van der Waals surface area contributed by atoms with Crippen LogP contribution in [-0.2, 0) is 4.79 Å². The zero-order valence-electron chi connectivity index (χ0n) is 14.5. The van der Waals surface area contributed by atoms with Gasteiger partial charge in [0.05, 0.1) is 0 Å². The van der Waals surface area contributed by atoms with Gasteiger partial charge >= 0.3 is 0 Å². The van der Waals surface area contributed by atoms with Gasteiger partial charge in [0, 0.05) is 12.5 Å². The molecule has 1 heterocycles. The van der Waals surface area contributed by atoms with E-state index in [1.165, 1.54) is 51.4 Å². The molecule has 1 atom stereocenters. The first kappa shape index (κ1) is 17.5. The summed E-state index contributed by atoms with van der Waals surface area (Å²) in [6.07, 6.45) is 11.7. The molecular weight excluding hydrogens is 308 g/mol. The molecule has 5 aliphatic rings. The first-order chi connectivity index (χ1) is 10.6. The van der Waals surface area contributed by atoms with Crippen molar-refractivity contribution in [3.05, 3.63) is 0 Å². The zero-order valence-corrected chi connectivity index (χ0v) is 15.3. The Hall–Kier alpha value is -0.280. The van der Waals surface area contributed by atoms with E-state index in [0.29, 0.717) is 23.3 Å². The van der Waals surface area contributed by atoms with Gasteiger partial charge in [0.25, 0.3) is 0 Å². The van der Waals surface area contributed by atoms with Gasteiger partial charge in [-0.15, -0.1) is 12.4 Å². The number of hydrogen-bond acceptors (Lipinski definition) is 2. The molecule has 1 unspecified atom stereocenters. The highest BCUT2D eigenvalue weighted by molar-refractivity contribution is 5.85. The number of rotatable bonds is 4. The van der Waals surface area contributed by atoms with Crippen molar-refractivity contribution < 1.29 is 4.79 Å². The van der Waals surface area contributed by atoms with E-state index in [4.69, 9.17) is 0 Å². The predicted octanol–water partition coefficient (Wildman–Crippen LogP) is 3.52. The van der Waals surface area contributed by atoms with E-state index < -0.39 is 0 Å². The number of carbonyl (C=O) groups excluding carboxylic acids is 1. The maximum Gasteiger partial charge on any atom is 0.220 e. The van der Waals surface area contributed by atoms with Gasteiger partial charge < -0.3 is 10.6 Å². The standard InChI is InChI=1S/C19H32N2O.ClH/c1-13(21-18(22)9-14-2-4-20-5-3-14)19-10-15-6-16(11-19)8-17(7-15)12-19;/h13-17,20H,2-12H2,1H3,(H,21,22);1H. The average Bonchev–Trinajstić information content (AvgIpc) is 2.46. The monoisotopic (exact) mass is 340 g/mol. The van der Waals surface area contributed by atoms with E-state index >= 15 is 0 Å². The average molecular weight is 341 g/mol. The van der Waals surface area contributed by atoms with E-state index in [1.54, 1.807) is 0 Å². The minimum Gasteiger partial charge on any atom is -0.353 e. The molecule has 0 aromatic rings. The summed E-state index contributed by atoms with van der Waals surface area (Å²) in [5.41, 5.74) is 0.443. The zero-order chi connectivity index (χ0) is 15.2. The largest absolute Gasteiger partial charge is 0.353 e. The fourth-order valence-corrected chi connectivity index (χ4v) is 6.51. The summed E-state index contributed by atoms with van der Waals surface area (Å²) in [4.78, 5) is 12.5. The molecule has 4 saturated carbocycles. The Morgan fingerprint density at radius 2 is 1.61 bits per heavy atom. The molecule has 0 aromatic heterocycles. The van der Waals surface area contributed by atoms with Crippen LogP contribution in [0.4, 0.5) is 0 Å². The lowest BCUT2D eigenvalue weighted by Gasteiger charge is -2.59. The predicted molar refractivity (Wildman–Crippen MR) is 95.7 cm³/mol.